The van der Waals surface area contributed by atoms with Gasteiger partial charge in [0, 0.05) is 37.1 Å². The van der Waals surface area contributed by atoms with Crippen molar-refractivity contribution in [1.29, 1.82) is 0 Å². The number of carbonyl (C=O) groups excluding carboxylic acids is 1. The highest BCUT2D eigenvalue weighted by Crippen LogP contribution is 2.23. The fraction of sp³-hybridized carbons (Fsp3) is 0.611. The summed E-state index contributed by atoms with van der Waals surface area (Å²) < 4.78 is 0. The van der Waals surface area contributed by atoms with Crippen LogP contribution in [0.1, 0.15) is 37.7 Å². The number of rotatable bonds is 3. The van der Waals surface area contributed by atoms with E-state index in [0.717, 1.165) is 55.9 Å². The minimum absolute atomic E-state index is 0.201. The highest BCUT2D eigenvalue weighted by Gasteiger charge is 2.29. The van der Waals surface area contributed by atoms with Gasteiger partial charge < -0.3 is 10.0 Å². The number of likely N-dealkylation sites (tertiary alicyclic amines) is 2. The van der Waals surface area contributed by atoms with Gasteiger partial charge in [0.15, 0.2) is 0 Å². The normalized spacial score (nSPS) is 27.0. The summed E-state index contributed by atoms with van der Waals surface area (Å²) in [5, 5.41) is 10.6. The van der Waals surface area contributed by atoms with Crippen LogP contribution in [0.25, 0.3) is 0 Å². The molecule has 2 aliphatic heterocycles. The predicted molar refractivity (Wildman–Crippen MR) is 91.3 cm³/mol. The van der Waals surface area contributed by atoms with Crippen LogP contribution in [0, 0.1) is 0 Å². The van der Waals surface area contributed by atoms with E-state index in [1.807, 2.05) is 29.2 Å². The molecule has 1 aromatic carbocycles. The topological polar surface area (TPSA) is 43.8 Å². The maximum Gasteiger partial charge on any atom is 0.222 e. The minimum atomic E-state index is -0.201. The largest absolute Gasteiger partial charge is 0.392 e. The summed E-state index contributed by atoms with van der Waals surface area (Å²) in [5.74, 6) is 0.236. The molecule has 4 nitrogen and oxygen atoms in total. The molecule has 2 heterocycles. The van der Waals surface area contributed by atoms with Gasteiger partial charge >= 0.3 is 0 Å². The van der Waals surface area contributed by atoms with E-state index >= 15 is 0 Å². The SMILES string of the molecule is O=C1CCC(N2CCCC(O)C2)CCN1Cc1ccc(Cl)cc1. The fourth-order valence-electron chi connectivity index (χ4n) is 3.68. The molecule has 0 bridgehead atoms. The Labute approximate surface area is 143 Å². The van der Waals surface area contributed by atoms with E-state index in [0.29, 0.717) is 19.0 Å². The van der Waals surface area contributed by atoms with Gasteiger partial charge in [-0.05, 0) is 49.9 Å². The molecule has 2 aliphatic rings. The lowest BCUT2D eigenvalue weighted by atomic mass is 10.0. The third-order valence-corrected chi connectivity index (χ3v) is 5.26. The van der Waals surface area contributed by atoms with Crippen LogP contribution >= 0.6 is 11.6 Å². The van der Waals surface area contributed by atoms with Gasteiger partial charge in [0.1, 0.15) is 0 Å². The standard InChI is InChI=1S/C18H25ClN2O2/c19-15-5-3-14(4-6-15)12-21-11-9-16(7-8-18(21)23)20-10-1-2-17(22)13-20/h3-6,16-17,22H,1-2,7-13H2. The maximum absolute atomic E-state index is 12.4. The van der Waals surface area contributed by atoms with Crippen LogP contribution < -0.4 is 0 Å². The van der Waals surface area contributed by atoms with Gasteiger partial charge in [-0.15, -0.1) is 0 Å². The fourth-order valence-corrected chi connectivity index (χ4v) is 3.81. The molecule has 0 spiro atoms. The van der Waals surface area contributed by atoms with Crippen molar-refractivity contribution in [3.05, 3.63) is 34.9 Å². The van der Waals surface area contributed by atoms with E-state index in [2.05, 4.69) is 4.90 Å². The van der Waals surface area contributed by atoms with Crippen molar-refractivity contribution in [2.45, 2.75) is 50.8 Å². The number of hydrogen-bond acceptors (Lipinski definition) is 3. The van der Waals surface area contributed by atoms with Gasteiger partial charge in [-0.25, -0.2) is 0 Å². The number of aliphatic hydroxyl groups is 1. The van der Waals surface area contributed by atoms with Crippen molar-refractivity contribution in [3.8, 4) is 0 Å². The number of aliphatic hydroxyl groups excluding tert-OH is 1. The van der Waals surface area contributed by atoms with E-state index < -0.39 is 0 Å². The first kappa shape index (κ1) is 16.7. The van der Waals surface area contributed by atoms with E-state index in [4.69, 9.17) is 11.6 Å². The van der Waals surface area contributed by atoms with E-state index in [9.17, 15) is 9.90 Å². The number of β-amino-alcohol motifs (C(OH)–C–C–N with tert-alkyl or cyclic N) is 1. The van der Waals surface area contributed by atoms with Gasteiger partial charge in [0.05, 0.1) is 6.10 Å². The summed E-state index contributed by atoms with van der Waals surface area (Å²) in [6.45, 7) is 3.26. The zero-order valence-corrected chi connectivity index (χ0v) is 14.2. The molecule has 2 fully saturated rings. The Morgan fingerprint density at radius 3 is 2.65 bits per heavy atom. The third kappa shape index (κ3) is 4.46. The number of halogens is 1. The lowest BCUT2D eigenvalue weighted by molar-refractivity contribution is -0.131. The smallest absolute Gasteiger partial charge is 0.222 e. The van der Waals surface area contributed by atoms with E-state index in [-0.39, 0.29) is 12.0 Å². The first-order valence-electron chi connectivity index (χ1n) is 8.56. The third-order valence-electron chi connectivity index (χ3n) is 5.01. The zero-order chi connectivity index (χ0) is 16.2. The molecule has 23 heavy (non-hydrogen) atoms. The number of carbonyl (C=O) groups is 1. The van der Waals surface area contributed by atoms with Crippen molar-refractivity contribution in [1.82, 2.24) is 9.80 Å². The van der Waals surface area contributed by atoms with Gasteiger partial charge in [-0.3, -0.25) is 9.69 Å². The van der Waals surface area contributed by atoms with Crippen LogP contribution in [-0.4, -0.2) is 52.6 Å². The van der Waals surface area contributed by atoms with Gasteiger partial charge in [0.2, 0.25) is 5.91 Å². The second-order valence-electron chi connectivity index (χ2n) is 6.71. The Hall–Kier alpha value is -1.10. The molecule has 0 radical (unpaired) electrons. The summed E-state index contributed by atoms with van der Waals surface area (Å²) in [5.41, 5.74) is 1.12. The summed E-state index contributed by atoms with van der Waals surface area (Å²) in [6, 6.07) is 8.13. The van der Waals surface area contributed by atoms with Crippen molar-refractivity contribution in [3.63, 3.8) is 0 Å². The number of benzene rings is 1. The number of piperidine rings is 1. The molecule has 1 amide bonds. The lowest BCUT2D eigenvalue weighted by Crippen LogP contribution is -2.45. The average Bonchev–Trinajstić information content (AvgIpc) is 2.72. The van der Waals surface area contributed by atoms with Crippen LogP contribution in [0.5, 0.6) is 0 Å². The molecule has 126 valence electrons. The number of nitrogens with zero attached hydrogens (tertiary/aromatic N) is 2. The van der Waals surface area contributed by atoms with Gasteiger partial charge in [-0.1, -0.05) is 23.7 Å². The van der Waals surface area contributed by atoms with Crippen molar-refractivity contribution < 1.29 is 9.90 Å². The first-order chi connectivity index (χ1) is 11.1. The molecule has 5 heteroatoms. The van der Waals surface area contributed by atoms with Crippen molar-refractivity contribution in [2.24, 2.45) is 0 Å². The molecular formula is C18H25ClN2O2. The molecule has 3 rings (SSSR count). The molecule has 0 aliphatic carbocycles. The van der Waals surface area contributed by atoms with E-state index in [1.165, 1.54) is 0 Å². The van der Waals surface area contributed by atoms with Crippen LogP contribution in [-0.2, 0) is 11.3 Å². The first-order valence-corrected chi connectivity index (χ1v) is 8.94. The Bertz CT molecular complexity index is 534. The number of hydrogen-bond donors (Lipinski definition) is 1. The predicted octanol–water partition coefficient (Wildman–Crippen LogP) is 2.68. The molecule has 2 unspecified atom stereocenters. The average molecular weight is 337 g/mol. The van der Waals surface area contributed by atoms with Crippen molar-refractivity contribution >= 4 is 17.5 Å². The Kier molecular flexibility index (Phi) is 5.57. The highest BCUT2D eigenvalue weighted by molar-refractivity contribution is 6.30. The summed E-state index contributed by atoms with van der Waals surface area (Å²) in [4.78, 5) is 16.8. The quantitative estimate of drug-likeness (QED) is 0.923. The number of amides is 1. The van der Waals surface area contributed by atoms with E-state index in [1.54, 1.807) is 0 Å². The van der Waals surface area contributed by atoms with Crippen LogP contribution in [0.15, 0.2) is 24.3 Å². The highest BCUT2D eigenvalue weighted by atomic mass is 35.5. The van der Waals surface area contributed by atoms with Crippen LogP contribution in [0.4, 0.5) is 0 Å². The Balaban J connectivity index is 1.59. The maximum atomic E-state index is 12.4. The Morgan fingerprint density at radius 2 is 1.91 bits per heavy atom. The van der Waals surface area contributed by atoms with Gasteiger partial charge in [0.25, 0.3) is 0 Å². The minimum Gasteiger partial charge on any atom is -0.392 e. The monoisotopic (exact) mass is 336 g/mol. The molecule has 1 N–H and O–H groups in total. The molecule has 0 aromatic heterocycles. The second-order valence-corrected chi connectivity index (χ2v) is 7.15. The van der Waals surface area contributed by atoms with Crippen LogP contribution in [0.2, 0.25) is 5.02 Å². The molecular weight excluding hydrogens is 312 g/mol. The molecule has 2 atom stereocenters. The second kappa shape index (κ2) is 7.65. The molecule has 2 saturated heterocycles. The zero-order valence-electron chi connectivity index (χ0n) is 13.5. The van der Waals surface area contributed by atoms with Crippen molar-refractivity contribution in [2.75, 3.05) is 19.6 Å². The molecule has 0 saturated carbocycles. The lowest BCUT2D eigenvalue weighted by Gasteiger charge is -2.36. The Morgan fingerprint density at radius 1 is 1.13 bits per heavy atom. The summed E-state index contributed by atoms with van der Waals surface area (Å²) in [7, 11) is 0. The van der Waals surface area contributed by atoms with Gasteiger partial charge in [-0.2, -0.15) is 0 Å². The molecule has 1 aromatic rings. The summed E-state index contributed by atoms with van der Waals surface area (Å²) >= 11 is 5.92. The van der Waals surface area contributed by atoms with Crippen LogP contribution in [0.3, 0.4) is 0 Å². The summed E-state index contributed by atoms with van der Waals surface area (Å²) in [6.07, 6.45) is 4.26.